The topological polar surface area (TPSA) is 83.3 Å². The van der Waals surface area contributed by atoms with Crippen molar-refractivity contribution >= 4 is 17.4 Å². The number of nitrogens with one attached hydrogen (secondary N) is 1. The molecule has 7 nitrogen and oxygen atoms in total. The molecule has 2 aromatic carbocycles. The zero-order valence-corrected chi connectivity index (χ0v) is 23.0. The molecule has 0 bridgehead atoms. The predicted molar refractivity (Wildman–Crippen MR) is 145 cm³/mol. The molecule has 0 radical (unpaired) electrons. The smallest absolute Gasteiger partial charge is 0.295 e. The number of carbonyl (C=O) groups is 2. The van der Waals surface area contributed by atoms with Gasteiger partial charge in [0.25, 0.3) is 5.91 Å². The molecule has 1 unspecified atom stereocenters. The van der Waals surface area contributed by atoms with Crippen LogP contribution in [0.4, 0.5) is 0 Å². The van der Waals surface area contributed by atoms with Gasteiger partial charge in [0, 0.05) is 18.5 Å². The first kappa shape index (κ1) is 27.9. The molecule has 2 saturated heterocycles. The second-order valence-electron chi connectivity index (χ2n) is 10.7. The van der Waals surface area contributed by atoms with Crippen LogP contribution in [0.15, 0.2) is 48.0 Å². The number of morpholine rings is 1. The monoisotopic (exact) mass is 520 g/mol. The molecule has 2 aliphatic rings. The highest BCUT2D eigenvalue weighted by atomic mass is 16.5. The number of Topliss-reactive ketones (excluding diaryl/α,β-unsaturated/α-hetero) is 1. The molecule has 1 atom stereocenters. The number of rotatable bonds is 10. The minimum Gasteiger partial charge on any atom is -0.872 e. The summed E-state index contributed by atoms with van der Waals surface area (Å²) in [5, 5.41) is 13.8. The molecule has 38 heavy (non-hydrogen) atoms. The van der Waals surface area contributed by atoms with E-state index in [0.29, 0.717) is 30.4 Å². The van der Waals surface area contributed by atoms with Gasteiger partial charge in [0.15, 0.2) is 0 Å². The molecule has 4 rings (SSSR count). The van der Waals surface area contributed by atoms with Gasteiger partial charge in [-0.15, -0.1) is 0 Å². The first-order valence-electron chi connectivity index (χ1n) is 13.8. The summed E-state index contributed by atoms with van der Waals surface area (Å²) in [5.74, 6) is -0.593. The van der Waals surface area contributed by atoms with Gasteiger partial charge in [-0.05, 0) is 53.6 Å². The Balaban J connectivity index is 1.66. The summed E-state index contributed by atoms with van der Waals surface area (Å²) in [6, 6.07) is 12.4. The third kappa shape index (κ3) is 6.27. The van der Waals surface area contributed by atoms with Crippen molar-refractivity contribution in [3.63, 3.8) is 0 Å². The molecule has 7 heteroatoms. The first-order valence-corrected chi connectivity index (χ1v) is 13.8. The number of nitrogens with zero attached hydrogens (tertiary/aromatic N) is 1. The molecule has 204 valence electrons. The van der Waals surface area contributed by atoms with E-state index in [1.54, 1.807) is 23.1 Å². The van der Waals surface area contributed by atoms with Gasteiger partial charge in [-0.1, -0.05) is 56.9 Å². The van der Waals surface area contributed by atoms with Crippen LogP contribution < -0.4 is 14.7 Å². The Morgan fingerprint density at radius 3 is 2.47 bits per heavy atom. The van der Waals surface area contributed by atoms with E-state index in [-0.39, 0.29) is 5.57 Å². The third-order valence-electron chi connectivity index (χ3n) is 7.37. The molecule has 0 saturated carbocycles. The Bertz CT molecular complexity index is 1170. The molecule has 2 aliphatic heterocycles. The van der Waals surface area contributed by atoms with E-state index >= 15 is 0 Å². The van der Waals surface area contributed by atoms with Gasteiger partial charge in [-0.3, -0.25) is 9.59 Å². The number of hydrogen-bond donors (Lipinski definition) is 1. The maximum absolute atomic E-state index is 13.8. The Hall–Kier alpha value is -3.16. The van der Waals surface area contributed by atoms with Gasteiger partial charge in [0.05, 0.1) is 32.4 Å². The Morgan fingerprint density at radius 2 is 1.84 bits per heavy atom. The lowest BCUT2D eigenvalue weighted by atomic mass is 9.94. The van der Waals surface area contributed by atoms with Crippen LogP contribution >= 0.6 is 0 Å². The molecular weight excluding hydrogens is 480 g/mol. The van der Waals surface area contributed by atoms with Gasteiger partial charge in [0.1, 0.15) is 18.8 Å². The number of carbonyl (C=O) groups excluding carboxylic acids is 2. The van der Waals surface area contributed by atoms with Crippen LogP contribution in [0.5, 0.6) is 5.75 Å². The average Bonchev–Trinajstić information content (AvgIpc) is 3.17. The lowest BCUT2D eigenvalue weighted by Gasteiger charge is -2.29. The zero-order valence-electron chi connectivity index (χ0n) is 23.0. The van der Waals surface area contributed by atoms with Crippen molar-refractivity contribution < 1.29 is 29.1 Å². The normalized spacial score (nSPS) is 19.9. The predicted octanol–water partition coefficient (Wildman–Crippen LogP) is 2.12. The second-order valence-corrected chi connectivity index (χ2v) is 10.7. The largest absolute Gasteiger partial charge is 0.872 e. The molecule has 0 spiro atoms. The molecule has 2 aromatic rings. The van der Waals surface area contributed by atoms with Crippen LogP contribution in [0, 0.1) is 12.8 Å². The highest BCUT2D eigenvalue weighted by molar-refractivity contribution is 6.46. The van der Waals surface area contributed by atoms with Crippen molar-refractivity contribution in [2.24, 2.45) is 5.92 Å². The van der Waals surface area contributed by atoms with E-state index in [9.17, 15) is 14.7 Å². The maximum atomic E-state index is 13.8. The van der Waals surface area contributed by atoms with E-state index < -0.39 is 23.5 Å². The minimum absolute atomic E-state index is 0.0354. The van der Waals surface area contributed by atoms with Gasteiger partial charge < -0.3 is 24.4 Å². The van der Waals surface area contributed by atoms with E-state index in [1.807, 2.05) is 31.2 Å². The van der Waals surface area contributed by atoms with Crippen LogP contribution in [0.2, 0.25) is 0 Å². The lowest BCUT2D eigenvalue weighted by Crippen LogP contribution is -3.14. The Kier molecular flexibility index (Phi) is 9.23. The van der Waals surface area contributed by atoms with E-state index in [4.69, 9.17) is 9.47 Å². The summed E-state index contributed by atoms with van der Waals surface area (Å²) >= 11 is 0. The quantitative estimate of drug-likeness (QED) is 0.295. The average molecular weight is 521 g/mol. The number of likely N-dealkylation sites (tertiary alicyclic amines) is 1. The summed E-state index contributed by atoms with van der Waals surface area (Å²) < 4.78 is 11.3. The highest BCUT2D eigenvalue weighted by Gasteiger charge is 2.44. The molecular formula is C31H40N2O5. The van der Waals surface area contributed by atoms with Crippen molar-refractivity contribution in [2.75, 3.05) is 46.0 Å². The van der Waals surface area contributed by atoms with Crippen molar-refractivity contribution in [3.8, 4) is 5.75 Å². The van der Waals surface area contributed by atoms with Gasteiger partial charge in [0.2, 0.25) is 5.78 Å². The molecule has 1 N–H and O–H groups in total. The number of aryl methyl sites for hydroxylation is 2. The standard InChI is InChI=1S/C31H40N2O5/c1-5-23-7-9-24(10-8-23)28-27(29(34)25-11-12-26(22(4)19-25)38-20-21(2)3)30(35)31(36)33(28)14-6-13-32-15-17-37-18-16-32/h7-12,19,21,28,34H,5-6,13-18,20H2,1-4H3/b29-27+. The van der Waals surface area contributed by atoms with Crippen LogP contribution in [-0.4, -0.2) is 62.6 Å². The maximum Gasteiger partial charge on any atom is 0.295 e. The second kappa shape index (κ2) is 12.6. The van der Waals surface area contributed by atoms with Crippen LogP contribution in [0.1, 0.15) is 55.5 Å². The molecule has 2 heterocycles. The van der Waals surface area contributed by atoms with Crippen molar-refractivity contribution in [1.29, 1.82) is 0 Å². The van der Waals surface area contributed by atoms with Gasteiger partial charge >= 0.3 is 0 Å². The fraction of sp³-hybridized carbons (Fsp3) is 0.484. The summed E-state index contributed by atoms with van der Waals surface area (Å²) in [5.41, 5.74) is 3.20. The van der Waals surface area contributed by atoms with E-state index in [0.717, 1.165) is 62.4 Å². The van der Waals surface area contributed by atoms with Crippen molar-refractivity contribution in [3.05, 3.63) is 70.3 Å². The summed E-state index contributed by atoms with van der Waals surface area (Å²) in [6.07, 6.45) is 1.63. The molecule has 1 amide bonds. The summed E-state index contributed by atoms with van der Waals surface area (Å²) in [6.45, 7) is 13.4. The number of benzene rings is 2. The van der Waals surface area contributed by atoms with Gasteiger partial charge in [-0.2, -0.15) is 0 Å². The fourth-order valence-corrected chi connectivity index (χ4v) is 5.16. The Labute approximate surface area is 226 Å². The number of hydrogen-bond acceptors (Lipinski definition) is 5. The minimum atomic E-state index is -0.698. The number of ether oxygens (including phenoxy) is 2. The van der Waals surface area contributed by atoms with Crippen LogP contribution in [0.3, 0.4) is 0 Å². The van der Waals surface area contributed by atoms with E-state index in [1.165, 1.54) is 4.90 Å². The number of amides is 1. The fourth-order valence-electron chi connectivity index (χ4n) is 5.16. The SMILES string of the molecule is CCc1ccc(C2/C(=C(\[O-])c3ccc(OCC(C)C)c(C)c3)C(=O)C(=O)N2CCC[NH+]2CCOCC2)cc1. The Morgan fingerprint density at radius 1 is 1.13 bits per heavy atom. The molecule has 0 aliphatic carbocycles. The van der Waals surface area contributed by atoms with Gasteiger partial charge in [-0.25, -0.2) is 0 Å². The summed E-state index contributed by atoms with van der Waals surface area (Å²) in [4.78, 5) is 29.6. The summed E-state index contributed by atoms with van der Waals surface area (Å²) in [7, 11) is 0. The number of ketones is 1. The zero-order chi connectivity index (χ0) is 27.2. The lowest BCUT2D eigenvalue weighted by molar-refractivity contribution is -0.908. The van der Waals surface area contributed by atoms with Crippen LogP contribution in [-0.2, 0) is 20.7 Å². The molecule has 0 aromatic heterocycles. The van der Waals surface area contributed by atoms with Crippen molar-refractivity contribution in [2.45, 2.75) is 46.6 Å². The van der Waals surface area contributed by atoms with E-state index in [2.05, 4.69) is 20.8 Å². The highest BCUT2D eigenvalue weighted by Crippen LogP contribution is 2.39. The van der Waals surface area contributed by atoms with Crippen LogP contribution in [0.25, 0.3) is 5.76 Å². The molecule has 2 fully saturated rings. The van der Waals surface area contributed by atoms with Crippen molar-refractivity contribution in [1.82, 2.24) is 4.90 Å². The first-order chi connectivity index (χ1) is 18.3. The number of quaternary nitrogens is 1. The third-order valence-corrected chi connectivity index (χ3v) is 7.37.